The Labute approximate surface area is 115 Å². The Morgan fingerprint density at radius 3 is 3.10 bits per heavy atom. The quantitative estimate of drug-likeness (QED) is 0.829. The summed E-state index contributed by atoms with van der Waals surface area (Å²) in [5, 5.41) is 9.89. The highest BCUT2D eigenvalue weighted by molar-refractivity contribution is 6.01. The number of rotatable bonds is 2. The molecule has 1 saturated heterocycles. The van der Waals surface area contributed by atoms with Crippen LogP contribution in [0.15, 0.2) is 12.1 Å². The van der Waals surface area contributed by atoms with Gasteiger partial charge < -0.3 is 19.5 Å². The summed E-state index contributed by atoms with van der Waals surface area (Å²) in [6.45, 7) is 2.55. The fourth-order valence-electron chi connectivity index (χ4n) is 2.60. The third kappa shape index (κ3) is 1.88. The van der Waals surface area contributed by atoms with E-state index in [-0.39, 0.29) is 35.6 Å². The number of amides is 1. The molecule has 1 aromatic rings. The number of benzene rings is 1. The summed E-state index contributed by atoms with van der Waals surface area (Å²) in [5.41, 5.74) is 0.304. The average Bonchev–Trinajstić information content (AvgIpc) is 2.88. The molecule has 3 rings (SSSR count). The van der Waals surface area contributed by atoms with Crippen LogP contribution in [0.25, 0.3) is 0 Å². The van der Waals surface area contributed by atoms with E-state index in [1.807, 2.05) is 0 Å². The number of carbonyl (C=O) groups is 2. The summed E-state index contributed by atoms with van der Waals surface area (Å²) in [5.74, 6) is -0.729. The Balaban J connectivity index is 2.01. The monoisotopic (exact) mass is 277 g/mol. The number of phenols is 1. The second-order valence-electron chi connectivity index (χ2n) is 4.80. The van der Waals surface area contributed by atoms with Gasteiger partial charge in [0, 0.05) is 13.0 Å². The first-order valence-electron chi connectivity index (χ1n) is 6.63. The minimum absolute atomic E-state index is 0.0184. The van der Waals surface area contributed by atoms with Crippen molar-refractivity contribution in [3.05, 3.63) is 23.3 Å². The zero-order chi connectivity index (χ0) is 14.3. The van der Waals surface area contributed by atoms with Gasteiger partial charge in [-0.25, -0.2) is 4.79 Å². The Kier molecular flexibility index (Phi) is 3.00. The third-order valence-electron chi connectivity index (χ3n) is 3.55. The van der Waals surface area contributed by atoms with E-state index in [9.17, 15) is 14.7 Å². The van der Waals surface area contributed by atoms with Gasteiger partial charge in [-0.1, -0.05) is 0 Å². The van der Waals surface area contributed by atoms with Gasteiger partial charge in [-0.2, -0.15) is 0 Å². The van der Waals surface area contributed by atoms with Crippen LogP contribution >= 0.6 is 0 Å². The second kappa shape index (κ2) is 4.70. The lowest BCUT2D eigenvalue weighted by atomic mass is 10.1. The van der Waals surface area contributed by atoms with E-state index in [0.717, 1.165) is 12.8 Å². The molecule has 20 heavy (non-hydrogen) atoms. The lowest BCUT2D eigenvalue weighted by molar-refractivity contribution is 0.0288. The van der Waals surface area contributed by atoms with Crippen molar-refractivity contribution >= 4 is 11.9 Å². The minimum Gasteiger partial charge on any atom is -0.507 e. The number of esters is 1. The van der Waals surface area contributed by atoms with Crippen LogP contribution in [-0.4, -0.2) is 41.3 Å². The van der Waals surface area contributed by atoms with E-state index < -0.39 is 5.97 Å². The first kappa shape index (κ1) is 12.8. The van der Waals surface area contributed by atoms with E-state index in [0.29, 0.717) is 12.3 Å². The van der Waals surface area contributed by atoms with Crippen LogP contribution in [0.3, 0.4) is 0 Å². The Bertz CT molecular complexity index is 583. The standard InChI is InChI=1S/C14H15NO5/c1-2-19-14(18)8-7-11-9(6-10(8)16)13(17)15-5-3-4-12(15)20-11/h6-7,12,16H,2-5H2,1H3. The number of hydrogen-bond acceptors (Lipinski definition) is 5. The molecule has 0 bridgehead atoms. The molecule has 1 amide bonds. The summed E-state index contributed by atoms with van der Waals surface area (Å²) in [4.78, 5) is 25.6. The van der Waals surface area contributed by atoms with Crippen molar-refractivity contribution in [2.75, 3.05) is 13.2 Å². The molecule has 1 atom stereocenters. The normalized spacial score (nSPS) is 20.1. The zero-order valence-corrected chi connectivity index (χ0v) is 11.1. The molecule has 106 valence electrons. The molecule has 1 aromatic carbocycles. The first-order valence-corrected chi connectivity index (χ1v) is 6.63. The molecule has 6 heteroatoms. The summed E-state index contributed by atoms with van der Waals surface area (Å²) >= 11 is 0. The molecule has 0 aliphatic carbocycles. The van der Waals surface area contributed by atoms with Gasteiger partial charge in [0.25, 0.3) is 5.91 Å². The molecule has 2 heterocycles. The highest BCUT2D eigenvalue weighted by Crippen LogP contribution is 2.36. The molecule has 1 unspecified atom stereocenters. The largest absolute Gasteiger partial charge is 0.507 e. The first-order chi connectivity index (χ1) is 9.61. The molecule has 1 N–H and O–H groups in total. The predicted octanol–water partition coefficient (Wildman–Crippen LogP) is 1.52. The molecule has 6 nitrogen and oxygen atoms in total. The summed E-state index contributed by atoms with van der Waals surface area (Å²) in [6, 6.07) is 2.66. The molecule has 0 spiro atoms. The SMILES string of the molecule is CCOC(=O)c1cc2c(cc1O)C(=O)N1CCCC1O2. The van der Waals surface area contributed by atoms with Gasteiger partial charge in [0.15, 0.2) is 6.23 Å². The van der Waals surface area contributed by atoms with Crippen LogP contribution in [-0.2, 0) is 4.74 Å². The lowest BCUT2D eigenvalue weighted by Crippen LogP contribution is -2.43. The van der Waals surface area contributed by atoms with Gasteiger partial charge in [0.1, 0.15) is 17.1 Å². The summed E-state index contributed by atoms with van der Waals surface area (Å²) < 4.78 is 10.6. The number of fused-ring (bicyclic) bond motifs is 2. The van der Waals surface area contributed by atoms with Crippen LogP contribution in [0.5, 0.6) is 11.5 Å². The highest BCUT2D eigenvalue weighted by Gasteiger charge is 2.38. The van der Waals surface area contributed by atoms with Crippen molar-refractivity contribution < 1.29 is 24.2 Å². The Hall–Kier alpha value is -2.24. The minimum atomic E-state index is -0.627. The maximum atomic E-state index is 12.3. The van der Waals surface area contributed by atoms with Crippen LogP contribution in [0.2, 0.25) is 0 Å². The maximum Gasteiger partial charge on any atom is 0.342 e. The van der Waals surface area contributed by atoms with Crippen molar-refractivity contribution in [2.24, 2.45) is 0 Å². The summed E-state index contributed by atoms with van der Waals surface area (Å²) in [7, 11) is 0. The van der Waals surface area contributed by atoms with Gasteiger partial charge in [-0.05, 0) is 25.5 Å². The van der Waals surface area contributed by atoms with Crippen LogP contribution in [0.4, 0.5) is 0 Å². The fraction of sp³-hybridized carbons (Fsp3) is 0.429. The maximum absolute atomic E-state index is 12.3. The molecule has 2 aliphatic heterocycles. The van der Waals surface area contributed by atoms with Crippen molar-refractivity contribution in [3.63, 3.8) is 0 Å². The lowest BCUT2D eigenvalue weighted by Gasteiger charge is -2.31. The molecule has 1 fully saturated rings. The molecular formula is C14H15NO5. The Morgan fingerprint density at radius 1 is 1.55 bits per heavy atom. The number of carbonyl (C=O) groups excluding carboxylic acids is 2. The van der Waals surface area contributed by atoms with Crippen molar-refractivity contribution in [1.82, 2.24) is 4.90 Å². The number of nitrogens with zero attached hydrogens (tertiary/aromatic N) is 1. The van der Waals surface area contributed by atoms with Gasteiger partial charge in [-0.3, -0.25) is 4.79 Å². The smallest absolute Gasteiger partial charge is 0.342 e. The number of ether oxygens (including phenoxy) is 2. The van der Waals surface area contributed by atoms with E-state index >= 15 is 0 Å². The molecule has 0 aromatic heterocycles. The van der Waals surface area contributed by atoms with Gasteiger partial charge in [0.2, 0.25) is 0 Å². The number of phenolic OH excluding ortho intramolecular Hbond substituents is 1. The molecule has 0 radical (unpaired) electrons. The van der Waals surface area contributed by atoms with Crippen molar-refractivity contribution in [3.8, 4) is 11.5 Å². The van der Waals surface area contributed by atoms with Gasteiger partial charge >= 0.3 is 5.97 Å². The average molecular weight is 277 g/mol. The molecular weight excluding hydrogens is 262 g/mol. The molecule has 2 aliphatic rings. The molecule has 0 saturated carbocycles. The van der Waals surface area contributed by atoms with E-state index in [2.05, 4.69) is 0 Å². The van der Waals surface area contributed by atoms with E-state index in [1.165, 1.54) is 12.1 Å². The van der Waals surface area contributed by atoms with Crippen LogP contribution in [0, 0.1) is 0 Å². The predicted molar refractivity (Wildman–Crippen MR) is 68.7 cm³/mol. The number of aromatic hydroxyl groups is 1. The van der Waals surface area contributed by atoms with Crippen LogP contribution in [0.1, 0.15) is 40.5 Å². The van der Waals surface area contributed by atoms with E-state index in [1.54, 1.807) is 11.8 Å². The van der Waals surface area contributed by atoms with Crippen molar-refractivity contribution in [1.29, 1.82) is 0 Å². The van der Waals surface area contributed by atoms with Gasteiger partial charge in [-0.15, -0.1) is 0 Å². The third-order valence-corrected chi connectivity index (χ3v) is 3.55. The van der Waals surface area contributed by atoms with E-state index in [4.69, 9.17) is 9.47 Å². The fourth-order valence-corrected chi connectivity index (χ4v) is 2.60. The Morgan fingerprint density at radius 2 is 2.35 bits per heavy atom. The second-order valence-corrected chi connectivity index (χ2v) is 4.80. The number of hydrogen-bond donors (Lipinski definition) is 1. The van der Waals surface area contributed by atoms with Crippen LogP contribution < -0.4 is 4.74 Å². The van der Waals surface area contributed by atoms with Crippen molar-refractivity contribution in [2.45, 2.75) is 26.0 Å². The highest BCUT2D eigenvalue weighted by atomic mass is 16.5. The topological polar surface area (TPSA) is 76.1 Å². The zero-order valence-electron chi connectivity index (χ0n) is 11.1. The summed E-state index contributed by atoms with van der Waals surface area (Å²) in [6.07, 6.45) is 1.40. The van der Waals surface area contributed by atoms with Gasteiger partial charge in [0.05, 0.1) is 12.2 Å².